The third-order valence-corrected chi connectivity index (χ3v) is 12.3. The van der Waals surface area contributed by atoms with Crippen LogP contribution in [0.15, 0.2) is 121 Å². The van der Waals surface area contributed by atoms with E-state index in [1.54, 1.807) is 14.2 Å². The number of aromatic nitrogens is 4. The highest BCUT2D eigenvalue weighted by Gasteiger charge is 2.19. The van der Waals surface area contributed by atoms with Crippen LogP contribution in [0.1, 0.15) is 61.6 Å². The highest BCUT2D eigenvalue weighted by atomic mass is 16.6. The molecule has 0 aliphatic carbocycles. The molecule has 9 rings (SSSR count). The van der Waals surface area contributed by atoms with Crippen LogP contribution in [0, 0.1) is 13.8 Å². The minimum atomic E-state index is 0.416. The lowest BCUT2D eigenvalue weighted by molar-refractivity contribution is 0.0180. The molecule has 0 amide bonds. The fraction of sp³-hybridized carbons (Fsp3) is 0.312. The van der Waals surface area contributed by atoms with Gasteiger partial charge in [0.2, 0.25) is 0 Å². The Hall–Kier alpha value is -7.16. The Balaban J connectivity index is 0.00000205. The molecule has 2 aliphatic heterocycles. The topological polar surface area (TPSA) is 131 Å². The van der Waals surface area contributed by atoms with Gasteiger partial charge in [0.1, 0.15) is 24.7 Å². The summed E-state index contributed by atoms with van der Waals surface area (Å²) in [6.45, 7) is 18.2. The average molecular weight is 1030 g/mol. The third-order valence-electron chi connectivity index (χ3n) is 12.3. The molecule has 5 heterocycles. The van der Waals surface area contributed by atoms with Crippen LogP contribution in [0.3, 0.4) is 0 Å². The summed E-state index contributed by atoms with van der Waals surface area (Å²) in [5, 5.41) is 0. The number of aromatic amines is 2. The number of methoxy groups -OCH3 is 2. The molecule has 0 saturated heterocycles. The van der Waals surface area contributed by atoms with Gasteiger partial charge in [-0.1, -0.05) is 112 Å². The first-order chi connectivity index (χ1) is 37.4. The Bertz CT molecular complexity index is 2940. The molecule has 398 valence electrons. The highest BCUT2D eigenvalue weighted by Crippen LogP contribution is 2.39. The van der Waals surface area contributed by atoms with Gasteiger partial charge < -0.3 is 47.9 Å². The Morgan fingerprint density at radius 3 is 0.961 bits per heavy atom. The predicted molar refractivity (Wildman–Crippen MR) is 311 cm³/mol. The summed E-state index contributed by atoms with van der Waals surface area (Å²) >= 11 is 0. The number of ether oxygens (including phenoxy) is 8. The van der Waals surface area contributed by atoms with Crippen molar-refractivity contribution in [3.8, 4) is 56.0 Å². The van der Waals surface area contributed by atoms with E-state index in [1.807, 2.05) is 52.0 Å². The maximum Gasteiger partial charge on any atom is 0.119 e. The molecule has 0 radical (unpaired) electrons. The van der Waals surface area contributed by atoms with Gasteiger partial charge in [0.05, 0.1) is 88.8 Å². The fourth-order valence-corrected chi connectivity index (χ4v) is 8.82. The lowest BCUT2D eigenvalue weighted by Gasteiger charge is -2.10. The zero-order valence-electron chi connectivity index (χ0n) is 45.5. The van der Waals surface area contributed by atoms with E-state index < -0.39 is 0 Å². The van der Waals surface area contributed by atoms with E-state index in [0.29, 0.717) is 79.3 Å². The maximum atomic E-state index is 6.11. The number of aryl methyl sites for hydroxylation is 2. The Morgan fingerprint density at radius 2 is 0.645 bits per heavy atom. The van der Waals surface area contributed by atoms with Crippen LogP contribution in [-0.4, -0.2) is 113 Å². The second kappa shape index (κ2) is 29.8. The van der Waals surface area contributed by atoms with Crippen molar-refractivity contribution in [2.45, 2.75) is 41.5 Å². The molecule has 7 aromatic rings. The first kappa shape index (κ1) is 56.6. The first-order valence-corrected chi connectivity index (χ1v) is 26.5. The van der Waals surface area contributed by atoms with Crippen molar-refractivity contribution >= 4 is 46.4 Å². The van der Waals surface area contributed by atoms with Crippen LogP contribution in [0.25, 0.3) is 90.9 Å². The van der Waals surface area contributed by atoms with Crippen molar-refractivity contribution < 1.29 is 37.9 Å². The van der Waals surface area contributed by atoms with Crippen LogP contribution < -0.4 is 9.47 Å². The van der Waals surface area contributed by atoms with Crippen LogP contribution in [0.5, 0.6) is 11.5 Å². The third kappa shape index (κ3) is 15.0. The Labute approximate surface area is 448 Å². The van der Waals surface area contributed by atoms with Crippen molar-refractivity contribution in [2.75, 3.05) is 93.5 Å². The Morgan fingerprint density at radius 1 is 0.342 bits per heavy atom. The van der Waals surface area contributed by atoms with E-state index in [-0.39, 0.29) is 0 Å². The van der Waals surface area contributed by atoms with E-state index in [9.17, 15) is 0 Å². The van der Waals surface area contributed by atoms with Crippen molar-refractivity contribution in [1.29, 1.82) is 0 Å². The summed E-state index contributed by atoms with van der Waals surface area (Å²) in [5.74, 6) is 1.50. The van der Waals surface area contributed by atoms with Crippen molar-refractivity contribution in [1.82, 2.24) is 19.9 Å². The van der Waals surface area contributed by atoms with Gasteiger partial charge in [-0.05, 0) is 109 Å². The number of hydrogen-bond acceptors (Lipinski definition) is 10. The van der Waals surface area contributed by atoms with Crippen LogP contribution >= 0.6 is 0 Å². The summed E-state index contributed by atoms with van der Waals surface area (Å²) in [4.78, 5) is 18.7. The Kier molecular flexibility index (Phi) is 22.2. The molecule has 0 spiro atoms. The standard InChI is InChI=1S/C60H62N4O8.2C2H6/c1-41-7-5-9-45(39-41)59-53-23-19-49(61-53)57(43-11-15-47(16-12-43)71-37-35-69-33-31-67-29-27-65-3)51-21-25-55(63-51)60(46-10-6-8-42(2)40-46)56-26-22-52(64-56)58(50-20-24-54(59)62-50)44-13-17-48(18-14-44)72-38-36-70-34-32-68-30-28-66-4;2*1-2/h5-26,39-40,61,64H,27-38H2,1-4H3;2*1-2H3. The van der Waals surface area contributed by atoms with Gasteiger partial charge in [-0.3, -0.25) is 0 Å². The minimum Gasteiger partial charge on any atom is -0.491 e. The maximum absolute atomic E-state index is 6.11. The van der Waals surface area contributed by atoms with Crippen molar-refractivity contribution in [3.05, 3.63) is 155 Å². The van der Waals surface area contributed by atoms with E-state index in [0.717, 1.165) is 112 Å². The summed E-state index contributed by atoms with van der Waals surface area (Å²) in [6.07, 6.45) is 8.47. The monoisotopic (exact) mass is 1030 g/mol. The zero-order chi connectivity index (χ0) is 53.5. The van der Waals surface area contributed by atoms with E-state index in [1.165, 1.54) is 0 Å². The molecule has 8 bridgehead atoms. The SMILES string of the molecule is CC.CC.COCCOCCOCCOc1ccc(-c2c3nc(c(-c4cccc(C)c4)c4ccc([nH]4)c(-c4ccc(OCCOCCOCCOC)cc4)c4nc(c(-c5cccc(C)c5)c5ccc2[nH]5)C=C4)C=C3)cc1. The largest absolute Gasteiger partial charge is 0.491 e. The van der Waals surface area contributed by atoms with E-state index in [2.05, 4.69) is 145 Å². The molecule has 0 saturated carbocycles. The second-order valence-corrected chi connectivity index (χ2v) is 17.4. The molecule has 12 nitrogen and oxygen atoms in total. The summed E-state index contributed by atoms with van der Waals surface area (Å²) in [7, 11) is 3.32. The number of hydrogen-bond donors (Lipinski definition) is 2. The van der Waals surface area contributed by atoms with E-state index in [4.69, 9.17) is 47.9 Å². The predicted octanol–water partition coefficient (Wildman–Crippen LogP) is 14.1. The molecule has 4 aromatic carbocycles. The molecule has 0 unspecified atom stereocenters. The normalized spacial score (nSPS) is 11.5. The highest BCUT2D eigenvalue weighted by molar-refractivity contribution is 6.00. The fourth-order valence-electron chi connectivity index (χ4n) is 8.82. The summed E-state index contributed by atoms with van der Waals surface area (Å²) in [5.41, 5.74) is 17.3. The van der Waals surface area contributed by atoms with Gasteiger partial charge in [-0.25, -0.2) is 9.97 Å². The van der Waals surface area contributed by atoms with Gasteiger partial charge in [-0.2, -0.15) is 0 Å². The van der Waals surface area contributed by atoms with Gasteiger partial charge in [0.15, 0.2) is 0 Å². The quantitative estimate of drug-likeness (QED) is 0.0564. The molecule has 12 heteroatoms. The summed E-state index contributed by atoms with van der Waals surface area (Å²) < 4.78 is 44.7. The zero-order valence-corrected chi connectivity index (χ0v) is 45.5. The van der Waals surface area contributed by atoms with Crippen molar-refractivity contribution in [2.24, 2.45) is 0 Å². The van der Waals surface area contributed by atoms with Crippen molar-refractivity contribution in [3.63, 3.8) is 0 Å². The minimum absolute atomic E-state index is 0.416. The molecule has 0 atom stereocenters. The average Bonchev–Trinajstić information content (AvgIpc) is 4.31. The number of nitrogens with one attached hydrogen (secondary N) is 2. The van der Waals surface area contributed by atoms with Gasteiger partial charge in [0.25, 0.3) is 0 Å². The summed E-state index contributed by atoms with van der Waals surface area (Å²) in [6, 6.07) is 42.1. The van der Waals surface area contributed by atoms with E-state index >= 15 is 0 Å². The lowest BCUT2D eigenvalue weighted by atomic mass is 10.0. The number of fused-ring (bicyclic) bond motifs is 8. The molecule has 2 N–H and O–H groups in total. The molecule has 0 fully saturated rings. The number of H-pyrrole nitrogens is 2. The number of benzene rings is 4. The van der Waals surface area contributed by atoms with Crippen LogP contribution in [0.2, 0.25) is 0 Å². The second-order valence-electron chi connectivity index (χ2n) is 17.4. The molecule has 76 heavy (non-hydrogen) atoms. The smallest absolute Gasteiger partial charge is 0.119 e. The van der Waals surface area contributed by atoms with Crippen LogP contribution in [-0.2, 0) is 28.4 Å². The molecule has 2 aliphatic rings. The number of nitrogens with zero attached hydrogens (tertiary/aromatic N) is 2. The van der Waals surface area contributed by atoms with Crippen LogP contribution in [0.4, 0.5) is 0 Å². The molecule has 3 aromatic heterocycles. The van der Waals surface area contributed by atoms with Gasteiger partial charge in [0, 0.05) is 58.5 Å². The molecular weight excluding hydrogens is 953 g/mol. The number of rotatable bonds is 24. The molecular formula is C64H74N4O8. The van der Waals surface area contributed by atoms with Gasteiger partial charge >= 0.3 is 0 Å². The van der Waals surface area contributed by atoms with Gasteiger partial charge in [-0.15, -0.1) is 0 Å². The lowest BCUT2D eigenvalue weighted by Crippen LogP contribution is -2.12. The first-order valence-electron chi connectivity index (χ1n) is 26.5.